The van der Waals surface area contributed by atoms with Crippen LogP contribution in [0.4, 0.5) is 0 Å². The lowest BCUT2D eigenvalue weighted by molar-refractivity contribution is -0.118. The Morgan fingerprint density at radius 2 is 1.87 bits per heavy atom. The van der Waals surface area contributed by atoms with Crippen molar-refractivity contribution in [3.8, 4) is 11.3 Å². The molecule has 5 heteroatoms. The predicted octanol–water partition coefficient (Wildman–Crippen LogP) is 4.58. The van der Waals surface area contributed by atoms with Crippen LogP contribution in [-0.4, -0.2) is 15.8 Å². The van der Waals surface area contributed by atoms with Crippen LogP contribution in [0.2, 0.25) is 0 Å². The zero-order chi connectivity index (χ0) is 20.8. The highest BCUT2D eigenvalue weighted by atomic mass is 16.2. The van der Waals surface area contributed by atoms with Gasteiger partial charge in [0, 0.05) is 17.4 Å². The van der Waals surface area contributed by atoms with Crippen LogP contribution in [0.1, 0.15) is 43.2 Å². The van der Waals surface area contributed by atoms with Crippen LogP contribution >= 0.6 is 0 Å². The lowest BCUT2D eigenvalue weighted by Gasteiger charge is -2.21. The second-order valence-electron chi connectivity index (χ2n) is 9.08. The molecule has 5 rings (SSSR count). The van der Waals surface area contributed by atoms with E-state index in [0.717, 1.165) is 33.6 Å². The summed E-state index contributed by atoms with van der Waals surface area (Å²) in [7, 11) is 0. The third-order valence-corrected chi connectivity index (χ3v) is 7.15. The third-order valence-electron chi connectivity index (χ3n) is 7.15. The molecule has 1 N–H and O–H groups in total. The van der Waals surface area contributed by atoms with Gasteiger partial charge in [-0.3, -0.25) is 9.59 Å². The first-order valence-electron chi connectivity index (χ1n) is 10.9. The molecule has 1 aromatic heterocycles. The minimum atomic E-state index is -0.292. The van der Waals surface area contributed by atoms with Gasteiger partial charge in [0.25, 0.3) is 5.56 Å². The molecule has 0 aliphatic heterocycles. The van der Waals surface area contributed by atoms with Crippen LogP contribution in [0.25, 0.3) is 22.0 Å². The standard InChI is InChI=1S/C25H27N3O2/c1-15-7-9-19(11-16(15)2)24-21-5-3-4-6-22(21)25(30)28(27-24)26-23(29)14-20-13-17-8-10-18(20)12-17/h3-7,9,11,17-18,20H,8,10,12-14H2,1-2H3,(H,26,29). The van der Waals surface area contributed by atoms with Gasteiger partial charge >= 0.3 is 0 Å². The highest BCUT2D eigenvalue weighted by Crippen LogP contribution is 2.49. The number of carbonyl (C=O) groups is 1. The Morgan fingerprint density at radius 1 is 1.07 bits per heavy atom. The van der Waals surface area contributed by atoms with Crippen molar-refractivity contribution in [2.45, 2.75) is 46.0 Å². The van der Waals surface area contributed by atoms with Crippen molar-refractivity contribution < 1.29 is 4.79 Å². The maximum atomic E-state index is 13.0. The fraction of sp³-hybridized carbons (Fsp3) is 0.400. The summed E-state index contributed by atoms with van der Waals surface area (Å²) in [6.07, 6.45) is 5.44. The molecular weight excluding hydrogens is 374 g/mol. The monoisotopic (exact) mass is 401 g/mol. The van der Waals surface area contributed by atoms with E-state index in [1.54, 1.807) is 6.07 Å². The number of carbonyl (C=O) groups excluding carboxylic acids is 1. The van der Waals surface area contributed by atoms with Gasteiger partial charge in [0.15, 0.2) is 0 Å². The average Bonchev–Trinajstić information content (AvgIpc) is 3.35. The van der Waals surface area contributed by atoms with Crippen molar-refractivity contribution >= 4 is 16.7 Å². The van der Waals surface area contributed by atoms with Gasteiger partial charge in [-0.2, -0.15) is 0 Å². The lowest BCUT2D eigenvalue weighted by Crippen LogP contribution is -2.36. The van der Waals surface area contributed by atoms with E-state index in [1.165, 1.54) is 24.8 Å². The molecule has 2 bridgehead atoms. The molecule has 0 saturated heterocycles. The Hall–Kier alpha value is -2.95. The van der Waals surface area contributed by atoms with Crippen molar-refractivity contribution in [3.63, 3.8) is 0 Å². The number of benzene rings is 2. The summed E-state index contributed by atoms with van der Waals surface area (Å²) >= 11 is 0. The molecule has 0 spiro atoms. The van der Waals surface area contributed by atoms with E-state index < -0.39 is 0 Å². The molecule has 5 nitrogen and oxygen atoms in total. The maximum Gasteiger partial charge on any atom is 0.294 e. The van der Waals surface area contributed by atoms with Crippen molar-refractivity contribution in [2.75, 3.05) is 5.43 Å². The molecule has 3 unspecified atom stereocenters. The molecule has 3 atom stereocenters. The van der Waals surface area contributed by atoms with Gasteiger partial charge in [0.1, 0.15) is 5.69 Å². The molecule has 2 saturated carbocycles. The molecule has 2 aromatic carbocycles. The highest BCUT2D eigenvalue weighted by Gasteiger charge is 2.40. The van der Waals surface area contributed by atoms with Crippen LogP contribution in [0.15, 0.2) is 47.3 Å². The average molecular weight is 402 g/mol. The summed E-state index contributed by atoms with van der Waals surface area (Å²) in [5, 5.41) is 5.93. The number of hydrogen-bond acceptors (Lipinski definition) is 3. The van der Waals surface area contributed by atoms with Crippen molar-refractivity contribution in [2.24, 2.45) is 17.8 Å². The van der Waals surface area contributed by atoms with Crippen molar-refractivity contribution in [1.82, 2.24) is 9.89 Å². The summed E-state index contributed by atoms with van der Waals surface area (Å²) < 4.78 is 0. The Balaban J connectivity index is 1.50. The summed E-state index contributed by atoms with van der Waals surface area (Å²) in [6, 6.07) is 13.6. The van der Waals surface area contributed by atoms with Gasteiger partial charge in [-0.05, 0) is 74.1 Å². The van der Waals surface area contributed by atoms with E-state index in [4.69, 9.17) is 0 Å². The highest BCUT2D eigenvalue weighted by molar-refractivity contribution is 5.94. The summed E-state index contributed by atoms with van der Waals surface area (Å²) in [6.45, 7) is 4.13. The number of rotatable bonds is 4. The van der Waals surface area contributed by atoms with Crippen molar-refractivity contribution in [1.29, 1.82) is 0 Å². The predicted molar refractivity (Wildman–Crippen MR) is 119 cm³/mol. The van der Waals surface area contributed by atoms with E-state index >= 15 is 0 Å². The number of nitrogens with one attached hydrogen (secondary N) is 1. The van der Waals surface area contributed by atoms with Gasteiger partial charge in [-0.25, -0.2) is 5.43 Å². The van der Waals surface area contributed by atoms with Gasteiger partial charge in [0.05, 0.1) is 5.39 Å². The molecule has 2 fully saturated rings. The number of aromatic nitrogens is 2. The Kier molecular flexibility index (Phi) is 4.69. The largest absolute Gasteiger partial charge is 0.294 e. The second-order valence-corrected chi connectivity index (χ2v) is 9.08. The topological polar surface area (TPSA) is 64.0 Å². The number of aryl methyl sites for hydroxylation is 2. The van der Waals surface area contributed by atoms with E-state index in [2.05, 4.69) is 36.5 Å². The Labute approximate surface area is 176 Å². The number of amides is 1. The molecular formula is C25H27N3O2. The zero-order valence-corrected chi connectivity index (χ0v) is 17.5. The Morgan fingerprint density at radius 3 is 2.57 bits per heavy atom. The Bertz CT molecular complexity index is 1200. The van der Waals surface area contributed by atoms with Crippen LogP contribution in [-0.2, 0) is 4.79 Å². The normalized spacial score (nSPS) is 22.5. The third kappa shape index (κ3) is 3.32. The van der Waals surface area contributed by atoms with Gasteiger partial charge in [-0.1, -0.05) is 36.8 Å². The van der Waals surface area contributed by atoms with Crippen molar-refractivity contribution in [3.05, 3.63) is 63.9 Å². The minimum absolute atomic E-state index is 0.122. The van der Waals surface area contributed by atoms with E-state index in [0.29, 0.717) is 29.3 Å². The number of nitrogens with zero attached hydrogens (tertiary/aromatic N) is 2. The van der Waals surface area contributed by atoms with Gasteiger partial charge in [0.2, 0.25) is 5.91 Å². The fourth-order valence-corrected chi connectivity index (χ4v) is 5.40. The molecule has 3 aromatic rings. The minimum Gasteiger partial charge on any atom is -0.273 e. The van der Waals surface area contributed by atoms with E-state index in [1.807, 2.05) is 24.3 Å². The van der Waals surface area contributed by atoms with Gasteiger partial charge < -0.3 is 0 Å². The smallest absolute Gasteiger partial charge is 0.273 e. The van der Waals surface area contributed by atoms with Crippen LogP contribution in [0.5, 0.6) is 0 Å². The number of hydrogen-bond donors (Lipinski definition) is 1. The zero-order valence-electron chi connectivity index (χ0n) is 17.5. The molecule has 1 heterocycles. The maximum absolute atomic E-state index is 13.0. The molecule has 1 amide bonds. The van der Waals surface area contributed by atoms with Crippen LogP contribution < -0.4 is 11.0 Å². The van der Waals surface area contributed by atoms with Crippen LogP contribution in [0.3, 0.4) is 0 Å². The SMILES string of the molecule is Cc1ccc(-c2nn(NC(=O)CC3CC4CCC3C4)c(=O)c3ccccc23)cc1C. The molecule has 154 valence electrons. The molecule has 2 aliphatic rings. The summed E-state index contributed by atoms with van der Waals surface area (Å²) in [5.41, 5.74) is 6.49. The summed E-state index contributed by atoms with van der Waals surface area (Å²) in [5.74, 6) is 1.79. The first-order valence-corrected chi connectivity index (χ1v) is 10.9. The van der Waals surface area contributed by atoms with E-state index in [9.17, 15) is 9.59 Å². The quantitative estimate of drug-likeness (QED) is 0.696. The molecule has 30 heavy (non-hydrogen) atoms. The molecule has 2 aliphatic carbocycles. The van der Waals surface area contributed by atoms with Gasteiger partial charge in [-0.15, -0.1) is 9.89 Å². The van der Waals surface area contributed by atoms with E-state index in [-0.39, 0.29) is 11.5 Å². The summed E-state index contributed by atoms with van der Waals surface area (Å²) in [4.78, 5) is 26.9. The fourth-order valence-electron chi connectivity index (χ4n) is 5.40. The van der Waals surface area contributed by atoms with Crippen LogP contribution in [0, 0.1) is 31.6 Å². The lowest BCUT2D eigenvalue weighted by atomic mass is 9.86. The first-order chi connectivity index (χ1) is 14.5. The number of fused-ring (bicyclic) bond motifs is 3. The first kappa shape index (κ1) is 19.0. The second kappa shape index (κ2) is 7.38. The molecule has 0 radical (unpaired) electrons.